The predicted octanol–water partition coefficient (Wildman–Crippen LogP) is 2.82. The van der Waals surface area contributed by atoms with Crippen molar-refractivity contribution in [2.75, 3.05) is 23.3 Å². The van der Waals surface area contributed by atoms with Gasteiger partial charge in [0.15, 0.2) is 5.13 Å². The van der Waals surface area contributed by atoms with E-state index in [0.717, 1.165) is 5.56 Å². The zero-order valence-corrected chi connectivity index (χ0v) is 14.0. The van der Waals surface area contributed by atoms with Crippen molar-refractivity contribution in [2.45, 2.75) is 13.3 Å². The van der Waals surface area contributed by atoms with E-state index in [4.69, 9.17) is 11.6 Å². The topological polar surface area (TPSA) is 74.3 Å². The highest BCUT2D eigenvalue weighted by Gasteiger charge is 2.24. The van der Waals surface area contributed by atoms with Crippen LogP contribution in [-0.2, 0) is 11.2 Å². The van der Waals surface area contributed by atoms with Crippen LogP contribution in [0.3, 0.4) is 0 Å². The largest absolute Gasteiger partial charge is 0.336 e. The third kappa shape index (κ3) is 3.62. The van der Waals surface area contributed by atoms with Crippen molar-refractivity contribution in [2.24, 2.45) is 0 Å². The fourth-order valence-corrected chi connectivity index (χ4v) is 3.26. The predicted molar refractivity (Wildman–Crippen MR) is 91.4 cm³/mol. The summed E-state index contributed by atoms with van der Waals surface area (Å²) in [7, 11) is 0. The Bertz CT molecular complexity index is 762. The number of nitrogens with zero attached hydrogens (tertiary/aromatic N) is 2. The Morgan fingerprint density at radius 2 is 2.35 bits per heavy atom. The highest BCUT2D eigenvalue weighted by Crippen LogP contribution is 2.23. The molecule has 0 aliphatic carbocycles. The minimum absolute atomic E-state index is 0.148. The van der Waals surface area contributed by atoms with Crippen LogP contribution in [0.4, 0.5) is 15.6 Å². The second-order valence-electron chi connectivity index (χ2n) is 5.19. The fourth-order valence-electron chi connectivity index (χ4n) is 2.24. The molecular weight excluding hydrogens is 336 g/mol. The monoisotopic (exact) mass is 350 g/mol. The summed E-state index contributed by atoms with van der Waals surface area (Å²) in [5.41, 5.74) is 2.27. The van der Waals surface area contributed by atoms with E-state index in [1.807, 2.05) is 13.0 Å². The van der Waals surface area contributed by atoms with E-state index >= 15 is 0 Å². The van der Waals surface area contributed by atoms with Crippen molar-refractivity contribution in [1.82, 2.24) is 10.3 Å². The maximum absolute atomic E-state index is 12.2. The molecule has 8 heteroatoms. The van der Waals surface area contributed by atoms with Gasteiger partial charge in [-0.1, -0.05) is 17.7 Å². The van der Waals surface area contributed by atoms with Crippen LogP contribution in [0.2, 0.25) is 5.02 Å². The number of urea groups is 1. The summed E-state index contributed by atoms with van der Waals surface area (Å²) in [6.07, 6.45) is 0.151. The summed E-state index contributed by atoms with van der Waals surface area (Å²) in [4.78, 5) is 29.7. The summed E-state index contributed by atoms with van der Waals surface area (Å²) in [5.74, 6) is -0.168. The van der Waals surface area contributed by atoms with Gasteiger partial charge in [-0.15, -0.1) is 11.3 Å². The SMILES string of the molecule is Cc1ccc(Cl)cc1NC(=O)Cc1csc(N2CCNC2=O)n1. The Labute approximate surface area is 142 Å². The average Bonchev–Trinajstić information content (AvgIpc) is 3.11. The average molecular weight is 351 g/mol. The summed E-state index contributed by atoms with van der Waals surface area (Å²) in [5, 5.41) is 8.54. The Balaban J connectivity index is 1.65. The first kappa shape index (κ1) is 15.8. The highest BCUT2D eigenvalue weighted by molar-refractivity contribution is 7.14. The van der Waals surface area contributed by atoms with Gasteiger partial charge in [0.05, 0.1) is 12.1 Å². The van der Waals surface area contributed by atoms with E-state index in [1.165, 1.54) is 11.3 Å². The van der Waals surface area contributed by atoms with Crippen molar-refractivity contribution in [3.63, 3.8) is 0 Å². The second-order valence-corrected chi connectivity index (χ2v) is 6.46. The summed E-state index contributed by atoms with van der Waals surface area (Å²) >= 11 is 7.30. The van der Waals surface area contributed by atoms with E-state index in [2.05, 4.69) is 15.6 Å². The van der Waals surface area contributed by atoms with E-state index in [-0.39, 0.29) is 18.4 Å². The van der Waals surface area contributed by atoms with Crippen LogP contribution in [0.5, 0.6) is 0 Å². The van der Waals surface area contributed by atoms with Gasteiger partial charge in [-0.3, -0.25) is 9.69 Å². The van der Waals surface area contributed by atoms with Crippen LogP contribution in [0.1, 0.15) is 11.3 Å². The van der Waals surface area contributed by atoms with Gasteiger partial charge in [-0.05, 0) is 24.6 Å². The normalized spacial score (nSPS) is 14.0. The minimum Gasteiger partial charge on any atom is -0.336 e. The van der Waals surface area contributed by atoms with E-state index in [0.29, 0.717) is 34.6 Å². The Hall–Kier alpha value is -2.12. The quantitative estimate of drug-likeness (QED) is 0.890. The van der Waals surface area contributed by atoms with Crippen molar-refractivity contribution in [3.8, 4) is 0 Å². The lowest BCUT2D eigenvalue weighted by atomic mass is 10.2. The van der Waals surface area contributed by atoms with Crippen LogP contribution in [0.15, 0.2) is 23.6 Å². The summed E-state index contributed by atoms with van der Waals surface area (Å²) in [6, 6.07) is 5.20. The van der Waals surface area contributed by atoms with Crippen LogP contribution < -0.4 is 15.5 Å². The van der Waals surface area contributed by atoms with Crippen LogP contribution in [0.25, 0.3) is 0 Å². The molecule has 1 aliphatic rings. The third-order valence-corrected chi connectivity index (χ3v) is 4.59. The lowest BCUT2D eigenvalue weighted by Gasteiger charge is -2.09. The van der Waals surface area contributed by atoms with E-state index in [9.17, 15) is 9.59 Å². The maximum Gasteiger partial charge on any atom is 0.323 e. The molecule has 2 aromatic rings. The van der Waals surface area contributed by atoms with Gasteiger partial charge in [0.2, 0.25) is 5.91 Å². The Kier molecular flexibility index (Phi) is 4.49. The molecule has 0 bridgehead atoms. The maximum atomic E-state index is 12.2. The number of nitrogens with one attached hydrogen (secondary N) is 2. The molecule has 6 nitrogen and oxygen atoms in total. The first-order valence-corrected chi connectivity index (χ1v) is 8.34. The number of amides is 3. The molecule has 1 aromatic carbocycles. The van der Waals surface area contributed by atoms with Gasteiger partial charge in [-0.2, -0.15) is 0 Å². The number of anilines is 2. The second kappa shape index (κ2) is 6.55. The molecular formula is C15H15ClN4O2S. The number of carbonyl (C=O) groups excluding carboxylic acids is 2. The first-order chi connectivity index (χ1) is 11.0. The molecule has 23 heavy (non-hydrogen) atoms. The van der Waals surface area contributed by atoms with Crippen molar-refractivity contribution < 1.29 is 9.59 Å². The molecule has 0 radical (unpaired) electrons. The number of benzene rings is 1. The van der Waals surface area contributed by atoms with E-state index < -0.39 is 0 Å². The Morgan fingerprint density at radius 1 is 1.52 bits per heavy atom. The number of thiazole rings is 1. The number of halogens is 1. The molecule has 0 saturated carbocycles. The molecule has 0 unspecified atom stereocenters. The molecule has 0 atom stereocenters. The molecule has 1 aliphatic heterocycles. The van der Waals surface area contributed by atoms with Gasteiger partial charge in [0.25, 0.3) is 0 Å². The van der Waals surface area contributed by atoms with Gasteiger partial charge in [-0.25, -0.2) is 9.78 Å². The smallest absolute Gasteiger partial charge is 0.323 e. The zero-order chi connectivity index (χ0) is 16.4. The van der Waals surface area contributed by atoms with Crippen molar-refractivity contribution in [1.29, 1.82) is 0 Å². The molecule has 0 spiro atoms. The number of rotatable bonds is 4. The van der Waals surface area contributed by atoms with Crippen molar-refractivity contribution in [3.05, 3.63) is 39.9 Å². The summed E-state index contributed by atoms with van der Waals surface area (Å²) in [6.45, 7) is 3.11. The zero-order valence-electron chi connectivity index (χ0n) is 12.4. The van der Waals surface area contributed by atoms with Gasteiger partial charge in [0.1, 0.15) is 0 Å². The van der Waals surface area contributed by atoms with Crippen LogP contribution >= 0.6 is 22.9 Å². The minimum atomic E-state index is -0.168. The van der Waals surface area contributed by atoms with E-state index in [1.54, 1.807) is 22.4 Å². The number of carbonyl (C=O) groups is 2. The molecule has 3 rings (SSSR count). The van der Waals surface area contributed by atoms with Crippen LogP contribution in [0, 0.1) is 6.92 Å². The number of hydrogen-bond donors (Lipinski definition) is 2. The number of hydrogen-bond acceptors (Lipinski definition) is 4. The van der Waals surface area contributed by atoms with Crippen LogP contribution in [-0.4, -0.2) is 30.0 Å². The number of aryl methyl sites for hydroxylation is 1. The number of aromatic nitrogens is 1. The van der Waals surface area contributed by atoms with Crippen molar-refractivity contribution >= 4 is 45.7 Å². The lowest BCUT2D eigenvalue weighted by Crippen LogP contribution is -2.27. The third-order valence-electron chi connectivity index (χ3n) is 3.44. The van der Waals surface area contributed by atoms with Gasteiger partial charge in [0, 0.05) is 29.2 Å². The Morgan fingerprint density at radius 3 is 3.09 bits per heavy atom. The molecule has 1 aromatic heterocycles. The fraction of sp³-hybridized carbons (Fsp3) is 0.267. The molecule has 1 fully saturated rings. The molecule has 3 amide bonds. The summed E-state index contributed by atoms with van der Waals surface area (Å²) < 4.78 is 0. The standard InChI is InChI=1S/C15H15ClN4O2S/c1-9-2-3-10(16)6-12(9)19-13(21)7-11-8-23-15(18-11)20-5-4-17-14(20)22/h2-3,6,8H,4-5,7H2,1H3,(H,17,22)(H,19,21). The molecule has 1 saturated heterocycles. The van der Waals surface area contributed by atoms with Gasteiger partial charge >= 0.3 is 6.03 Å². The lowest BCUT2D eigenvalue weighted by molar-refractivity contribution is -0.115. The first-order valence-electron chi connectivity index (χ1n) is 7.09. The highest BCUT2D eigenvalue weighted by atomic mass is 35.5. The molecule has 120 valence electrons. The van der Waals surface area contributed by atoms with Gasteiger partial charge < -0.3 is 10.6 Å². The molecule has 2 heterocycles. The molecule has 2 N–H and O–H groups in total.